The topological polar surface area (TPSA) is 69.6 Å². The van der Waals surface area contributed by atoms with Gasteiger partial charge in [0.1, 0.15) is 6.04 Å². The average Bonchev–Trinajstić information content (AvgIpc) is 2.85. The van der Waals surface area contributed by atoms with E-state index in [1.807, 2.05) is 6.92 Å². The van der Waals surface area contributed by atoms with Gasteiger partial charge in [-0.2, -0.15) is 0 Å². The summed E-state index contributed by atoms with van der Waals surface area (Å²) in [6.45, 7) is 3.40. The van der Waals surface area contributed by atoms with Gasteiger partial charge in [0.05, 0.1) is 11.3 Å². The van der Waals surface area contributed by atoms with Crippen molar-refractivity contribution in [3.8, 4) is 0 Å². The minimum absolute atomic E-state index is 0.0186. The Morgan fingerprint density at radius 3 is 2.88 bits per heavy atom. The van der Waals surface area contributed by atoms with E-state index < -0.39 is 17.4 Å². The summed E-state index contributed by atoms with van der Waals surface area (Å²) in [5.74, 6) is 0.0958. The minimum atomic E-state index is -0.895. The summed E-state index contributed by atoms with van der Waals surface area (Å²) in [5, 5.41) is 12.2. The fraction of sp³-hybridized carbons (Fsp3) is 0.800. The molecule has 0 aromatic rings. The zero-order valence-corrected chi connectivity index (χ0v) is 10.0. The Morgan fingerprint density at radius 2 is 2.31 bits per heavy atom. The van der Waals surface area contributed by atoms with Crippen LogP contribution in [0.3, 0.4) is 0 Å². The van der Waals surface area contributed by atoms with Crippen LogP contribution in [0, 0.1) is 5.41 Å². The van der Waals surface area contributed by atoms with E-state index in [2.05, 4.69) is 5.32 Å². The van der Waals surface area contributed by atoms with Gasteiger partial charge in [-0.1, -0.05) is 0 Å². The van der Waals surface area contributed by atoms with E-state index in [0.717, 1.165) is 13.0 Å². The molecule has 2 atom stereocenters. The summed E-state index contributed by atoms with van der Waals surface area (Å²) >= 11 is 1.51. The number of carbonyl (C=O) groups excluding carboxylic acids is 1. The second kappa shape index (κ2) is 4.25. The highest BCUT2D eigenvalue weighted by Gasteiger charge is 2.44. The molecular weight excluding hydrogens is 228 g/mol. The Labute approximate surface area is 98.6 Å². The fourth-order valence-electron chi connectivity index (χ4n) is 2.19. The highest BCUT2D eigenvalue weighted by atomic mass is 32.2. The number of amides is 1. The number of carbonyl (C=O) groups is 2. The Morgan fingerprint density at radius 1 is 1.56 bits per heavy atom. The highest BCUT2D eigenvalue weighted by molar-refractivity contribution is 7.99. The lowest BCUT2D eigenvalue weighted by atomic mass is 9.88. The van der Waals surface area contributed by atoms with Gasteiger partial charge in [-0.3, -0.25) is 4.79 Å². The van der Waals surface area contributed by atoms with Gasteiger partial charge in [0.25, 0.3) is 0 Å². The maximum atomic E-state index is 12.3. The Hall–Kier alpha value is -0.750. The molecule has 2 aliphatic heterocycles. The van der Waals surface area contributed by atoms with Crippen molar-refractivity contribution < 1.29 is 14.7 Å². The third-order valence-corrected chi connectivity index (χ3v) is 4.33. The normalized spacial score (nSPS) is 34.3. The van der Waals surface area contributed by atoms with Gasteiger partial charge in [-0.25, -0.2) is 4.79 Å². The number of hydrogen-bond donors (Lipinski definition) is 2. The van der Waals surface area contributed by atoms with E-state index in [0.29, 0.717) is 18.2 Å². The molecule has 90 valence electrons. The molecule has 0 aliphatic carbocycles. The molecule has 0 aromatic carbocycles. The molecule has 0 saturated carbocycles. The molecule has 2 heterocycles. The van der Waals surface area contributed by atoms with Gasteiger partial charge in [0, 0.05) is 12.3 Å². The number of carboxylic acid groups (broad SMARTS) is 1. The van der Waals surface area contributed by atoms with Crippen molar-refractivity contribution in [1.82, 2.24) is 10.2 Å². The molecule has 16 heavy (non-hydrogen) atoms. The van der Waals surface area contributed by atoms with Crippen LogP contribution in [0.4, 0.5) is 0 Å². The fourth-order valence-corrected chi connectivity index (χ4v) is 3.34. The van der Waals surface area contributed by atoms with Crippen LogP contribution in [0.1, 0.15) is 13.3 Å². The first-order valence-electron chi connectivity index (χ1n) is 5.37. The predicted molar refractivity (Wildman–Crippen MR) is 61.2 cm³/mol. The lowest BCUT2D eigenvalue weighted by Gasteiger charge is -2.30. The molecule has 0 bridgehead atoms. The molecule has 2 fully saturated rings. The van der Waals surface area contributed by atoms with Gasteiger partial charge in [-0.15, -0.1) is 11.8 Å². The summed E-state index contributed by atoms with van der Waals surface area (Å²) in [4.78, 5) is 24.8. The van der Waals surface area contributed by atoms with E-state index in [1.54, 1.807) is 0 Å². The van der Waals surface area contributed by atoms with Crippen molar-refractivity contribution >= 4 is 23.6 Å². The molecule has 2 aliphatic rings. The Balaban J connectivity index is 2.12. The minimum Gasteiger partial charge on any atom is -0.480 e. The van der Waals surface area contributed by atoms with E-state index in [-0.39, 0.29) is 5.91 Å². The maximum Gasteiger partial charge on any atom is 0.327 e. The van der Waals surface area contributed by atoms with Crippen LogP contribution in [-0.4, -0.2) is 52.6 Å². The first-order valence-corrected chi connectivity index (χ1v) is 6.52. The van der Waals surface area contributed by atoms with Crippen LogP contribution >= 0.6 is 11.8 Å². The molecule has 0 radical (unpaired) electrons. The van der Waals surface area contributed by atoms with Gasteiger partial charge in [-0.05, 0) is 19.9 Å². The summed E-state index contributed by atoms with van der Waals surface area (Å²) in [5.41, 5.74) is -0.418. The van der Waals surface area contributed by atoms with Crippen molar-refractivity contribution in [2.24, 2.45) is 5.41 Å². The van der Waals surface area contributed by atoms with Crippen LogP contribution in [0.2, 0.25) is 0 Å². The van der Waals surface area contributed by atoms with Crippen molar-refractivity contribution in [3.05, 3.63) is 0 Å². The molecule has 0 spiro atoms. The molecular formula is C10H16N2O3S. The number of rotatable bonds is 2. The third kappa shape index (κ3) is 1.91. The SMILES string of the molecule is CC1(C(=O)N2CSCC2C(=O)O)CCNC1. The van der Waals surface area contributed by atoms with Crippen LogP contribution in [0.5, 0.6) is 0 Å². The monoisotopic (exact) mass is 244 g/mol. The molecule has 2 N–H and O–H groups in total. The molecule has 2 saturated heterocycles. The van der Waals surface area contributed by atoms with Crippen molar-refractivity contribution in [3.63, 3.8) is 0 Å². The number of nitrogens with zero attached hydrogens (tertiary/aromatic N) is 1. The standard InChI is InChI=1S/C10H16N2O3S/c1-10(2-3-11-5-10)9(15)12-6-16-4-7(12)8(13)14/h7,11H,2-6H2,1H3,(H,13,14). The molecule has 2 rings (SSSR count). The van der Waals surface area contributed by atoms with E-state index >= 15 is 0 Å². The summed E-state index contributed by atoms with van der Waals surface area (Å²) in [6, 6.07) is -0.644. The molecule has 1 amide bonds. The van der Waals surface area contributed by atoms with E-state index in [1.165, 1.54) is 16.7 Å². The smallest absolute Gasteiger partial charge is 0.327 e. The van der Waals surface area contributed by atoms with Crippen molar-refractivity contribution in [1.29, 1.82) is 0 Å². The second-order valence-electron chi connectivity index (χ2n) is 4.62. The number of nitrogens with one attached hydrogen (secondary N) is 1. The quantitative estimate of drug-likeness (QED) is 0.714. The molecule has 2 unspecified atom stereocenters. The molecule has 6 heteroatoms. The predicted octanol–water partition coefficient (Wildman–Crippen LogP) is -0.0279. The summed E-state index contributed by atoms with van der Waals surface area (Å²) in [7, 11) is 0. The van der Waals surface area contributed by atoms with Gasteiger partial charge >= 0.3 is 5.97 Å². The van der Waals surface area contributed by atoms with E-state index in [4.69, 9.17) is 5.11 Å². The average molecular weight is 244 g/mol. The van der Waals surface area contributed by atoms with Gasteiger partial charge in [0.2, 0.25) is 5.91 Å². The first kappa shape index (κ1) is 11.7. The van der Waals surface area contributed by atoms with Crippen molar-refractivity contribution in [2.45, 2.75) is 19.4 Å². The first-order chi connectivity index (χ1) is 7.54. The molecule has 0 aromatic heterocycles. The number of thioether (sulfide) groups is 1. The zero-order chi connectivity index (χ0) is 11.8. The zero-order valence-electron chi connectivity index (χ0n) is 9.23. The van der Waals surface area contributed by atoms with Crippen LogP contribution in [-0.2, 0) is 9.59 Å². The number of hydrogen-bond acceptors (Lipinski definition) is 4. The lowest BCUT2D eigenvalue weighted by Crippen LogP contribution is -2.49. The number of aliphatic carboxylic acids is 1. The number of carboxylic acids is 1. The van der Waals surface area contributed by atoms with Crippen LogP contribution in [0.25, 0.3) is 0 Å². The summed E-state index contributed by atoms with van der Waals surface area (Å²) < 4.78 is 0. The largest absolute Gasteiger partial charge is 0.480 e. The lowest BCUT2D eigenvalue weighted by molar-refractivity contribution is -0.151. The van der Waals surface area contributed by atoms with Crippen molar-refractivity contribution in [2.75, 3.05) is 24.7 Å². The second-order valence-corrected chi connectivity index (χ2v) is 5.62. The van der Waals surface area contributed by atoms with Crippen LogP contribution < -0.4 is 5.32 Å². The highest BCUT2D eigenvalue weighted by Crippen LogP contribution is 2.32. The Bertz CT molecular complexity index is 315. The molecule has 5 nitrogen and oxygen atoms in total. The van der Waals surface area contributed by atoms with E-state index in [9.17, 15) is 9.59 Å². The summed E-state index contributed by atoms with van der Waals surface area (Å²) in [6.07, 6.45) is 0.791. The van der Waals surface area contributed by atoms with Gasteiger partial charge < -0.3 is 15.3 Å². The maximum absolute atomic E-state index is 12.3. The van der Waals surface area contributed by atoms with Gasteiger partial charge in [0.15, 0.2) is 0 Å². The van der Waals surface area contributed by atoms with Crippen LogP contribution in [0.15, 0.2) is 0 Å². The Kier molecular flexibility index (Phi) is 3.12. The third-order valence-electron chi connectivity index (χ3n) is 3.31.